The summed E-state index contributed by atoms with van der Waals surface area (Å²) in [5, 5.41) is 4.82. The first kappa shape index (κ1) is 18.8. The van der Waals surface area contributed by atoms with Gasteiger partial charge in [-0.3, -0.25) is 9.59 Å². The van der Waals surface area contributed by atoms with Gasteiger partial charge in [0.2, 0.25) is 11.8 Å². The molecule has 0 unspecified atom stereocenters. The molecule has 0 saturated carbocycles. The van der Waals surface area contributed by atoms with Crippen LogP contribution in [0.3, 0.4) is 0 Å². The number of carbonyl (C=O) groups is 2. The Morgan fingerprint density at radius 2 is 1.91 bits per heavy atom. The molecule has 0 aliphatic carbocycles. The largest absolute Gasteiger partial charge is 0.573 e. The lowest BCUT2D eigenvalue weighted by atomic mass is 10.2. The number of rotatable bonds is 7. The van der Waals surface area contributed by atoms with E-state index in [1.54, 1.807) is 0 Å². The van der Waals surface area contributed by atoms with Crippen molar-refractivity contribution in [2.45, 2.75) is 25.9 Å². The van der Waals surface area contributed by atoms with Crippen molar-refractivity contribution in [3.05, 3.63) is 29.8 Å². The van der Waals surface area contributed by atoms with Gasteiger partial charge in [0.1, 0.15) is 11.8 Å². The highest BCUT2D eigenvalue weighted by Gasteiger charge is 2.32. The second kappa shape index (κ2) is 8.37. The summed E-state index contributed by atoms with van der Waals surface area (Å²) >= 11 is 0. The van der Waals surface area contributed by atoms with Gasteiger partial charge in [0.05, 0.1) is 6.61 Å². The van der Waals surface area contributed by atoms with E-state index in [9.17, 15) is 22.8 Å². The summed E-state index contributed by atoms with van der Waals surface area (Å²) in [7, 11) is 1.36. The second-order valence-electron chi connectivity index (χ2n) is 4.58. The van der Waals surface area contributed by atoms with E-state index in [-0.39, 0.29) is 18.7 Å². The molecule has 23 heavy (non-hydrogen) atoms. The number of hydrogen-bond acceptors (Lipinski definition) is 4. The molecule has 0 spiro atoms. The zero-order valence-corrected chi connectivity index (χ0v) is 12.6. The normalized spacial score (nSPS) is 12.4. The number of para-hydroxylation sites is 1. The minimum Gasteiger partial charge on any atom is -0.405 e. The van der Waals surface area contributed by atoms with Crippen LogP contribution in [0.25, 0.3) is 0 Å². The molecule has 1 aromatic carbocycles. The Kier molecular flexibility index (Phi) is 6.83. The summed E-state index contributed by atoms with van der Waals surface area (Å²) in [5.41, 5.74) is 0.150. The molecule has 0 saturated heterocycles. The van der Waals surface area contributed by atoms with Crippen LogP contribution in [0.5, 0.6) is 5.75 Å². The molecule has 0 bridgehead atoms. The Morgan fingerprint density at radius 3 is 2.48 bits per heavy atom. The predicted molar refractivity (Wildman–Crippen MR) is 74.5 cm³/mol. The Hall–Kier alpha value is -2.29. The molecular weight excluding hydrogens is 317 g/mol. The van der Waals surface area contributed by atoms with E-state index in [0.29, 0.717) is 0 Å². The van der Waals surface area contributed by atoms with Crippen LogP contribution < -0.4 is 15.4 Å². The van der Waals surface area contributed by atoms with E-state index >= 15 is 0 Å². The second-order valence-corrected chi connectivity index (χ2v) is 4.58. The maximum absolute atomic E-state index is 12.3. The standard InChI is InChI=1S/C14H17F3N2O4/c1-9(20)19-11(8-22-2)13(21)18-7-10-5-3-4-6-12(10)23-14(15,16)17/h3-6,11H,7-8H2,1-2H3,(H,18,21)(H,19,20)/t11-/m1/s1. The van der Waals surface area contributed by atoms with Gasteiger partial charge in [-0.05, 0) is 6.07 Å². The Labute approximate surface area is 130 Å². The molecule has 6 nitrogen and oxygen atoms in total. The molecule has 0 aliphatic rings. The molecular formula is C14H17F3N2O4. The van der Waals surface area contributed by atoms with Crippen LogP contribution in [-0.4, -0.2) is 37.9 Å². The van der Waals surface area contributed by atoms with Gasteiger partial charge in [-0.15, -0.1) is 13.2 Å². The summed E-state index contributed by atoms with van der Waals surface area (Å²) in [5.74, 6) is -1.41. The van der Waals surface area contributed by atoms with Crippen LogP contribution in [0, 0.1) is 0 Å². The van der Waals surface area contributed by atoms with Crippen LogP contribution in [0.4, 0.5) is 13.2 Å². The molecule has 1 atom stereocenters. The summed E-state index contributed by atoms with van der Waals surface area (Å²) < 4.78 is 45.7. The molecule has 0 aromatic heterocycles. The van der Waals surface area contributed by atoms with Crippen LogP contribution in [0.15, 0.2) is 24.3 Å². The number of carbonyl (C=O) groups excluding carboxylic acids is 2. The van der Waals surface area contributed by atoms with Crippen molar-refractivity contribution in [2.24, 2.45) is 0 Å². The van der Waals surface area contributed by atoms with Crippen LogP contribution in [0.2, 0.25) is 0 Å². The highest BCUT2D eigenvalue weighted by atomic mass is 19.4. The lowest BCUT2D eigenvalue weighted by Crippen LogP contribution is -2.48. The molecule has 0 radical (unpaired) electrons. The maximum atomic E-state index is 12.3. The first-order valence-corrected chi connectivity index (χ1v) is 6.60. The quantitative estimate of drug-likeness (QED) is 0.789. The van der Waals surface area contributed by atoms with Gasteiger partial charge < -0.3 is 20.1 Å². The van der Waals surface area contributed by atoms with Crippen molar-refractivity contribution in [3.63, 3.8) is 0 Å². The van der Waals surface area contributed by atoms with Gasteiger partial charge in [-0.2, -0.15) is 0 Å². The summed E-state index contributed by atoms with van der Waals surface area (Å²) in [6.45, 7) is 0.986. The smallest absolute Gasteiger partial charge is 0.405 e. The predicted octanol–water partition coefficient (Wildman–Crippen LogP) is 1.35. The van der Waals surface area contributed by atoms with E-state index < -0.39 is 30.0 Å². The number of amides is 2. The minimum absolute atomic E-state index is 0.0634. The van der Waals surface area contributed by atoms with E-state index in [2.05, 4.69) is 15.4 Å². The van der Waals surface area contributed by atoms with Crippen molar-refractivity contribution >= 4 is 11.8 Å². The van der Waals surface area contributed by atoms with Gasteiger partial charge in [0.25, 0.3) is 0 Å². The number of methoxy groups -OCH3 is 1. The fourth-order valence-electron chi connectivity index (χ4n) is 1.77. The third-order valence-electron chi connectivity index (χ3n) is 2.68. The van der Waals surface area contributed by atoms with Gasteiger partial charge in [-0.1, -0.05) is 18.2 Å². The van der Waals surface area contributed by atoms with Crippen LogP contribution in [-0.2, 0) is 20.9 Å². The van der Waals surface area contributed by atoms with Crippen molar-refractivity contribution in [3.8, 4) is 5.75 Å². The number of halogens is 3. The van der Waals surface area contributed by atoms with Gasteiger partial charge in [0, 0.05) is 26.1 Å². The van der Waals surface area contributed by atoms with Crippen molar-refractivity contribution in [2.75, 3.05) is 13.7 Å². The average molecular weight is 334 g/mol. The molecule has 0 aliphatic heterocycles. The summed E-state index contributed by atoms with van der Waals surface area (Å²) in [6, 6.07) is 4.51. The molecule has 2 N–H and O–H groups in total. The van der Waals surface area contributed by atoms with Crippen molar-refractivity contribution in [1.29, 1.82) is 0 Å². The van der Waals surface area contributed by atoms with Gasteiger partial charge in [-0.25, -0.2) is 0 Å². The SMILES string of the molecule is COC[C@@H](NC(C)=O)C(=O)NCc1ccccc1OC(F)(F)F. The maximum Gasteiger partial charge on any atom is 0.573 e. The Morgan fingerprint density at radius 1 is 1.26 bits per heavy atom. The molecule has 9 heteroatoms. The van der Waals surface area contributed by atoms with Crippen molar-refractivity contribution in [1.82, 2.24) is 10.6 Å². The topological polar surface area (TPSA) is 76.7 Å². The van der Waals surface area contributed by atoms with E-state index in [4.69, 9.17) is 4.74 Å². The van der Waals surface area contributed by atoms with Crippen LogP contribution in [0.1, 0.15) is 12.5 Å². The summed E-state index contributed by atoms with van der Waals surface area (Å²) in [6.07, 6.45) is -4.82. The highest BCUT2D eigenvalue weighted by Crippen LogP contribution is 2.26. The van der Waals surface area contributed by atoms with Gasteiger partial charge >= 0.3 is 6.36 Å². The number of ether oxygens (including phenoxy) is 2. The minimum atomic E-state index is -4.82. The first-order valence-electron chi connectivity index (χ1n) is 6.60. The zero-order chi connectivity index (χ0) is 17.5. The van der Waals surface area contributed by atoms with E-state index in [0.717, 1.165) is 6.07 Å². The van der Waals surface area contributed by atoms with E-state index in [1.807, 2.05) is 0 Å². The number of nitrogens with one attached hydrogen (secondary N) is 2. The fourth-order valence-corrected chi connectivity index (χ4v) is 1.77. The van der Waals surface area contributed by atoms with Crippen LogP contribution >= 0.6 is 0 Å². The third kappa shape index (κ3) is 7.00. The molecule has 1 aromatic rings. The molecule has 128 valence electrons. The zero-order valence-electron chi connectivity index (χ0n) is 12.6. The number of benzene rings is 1. The fraction of sp³-hybridized carbons (Fsp3) is 0.429. The third-order valence-corrected chi connectivity index (χ3v) is 2.68. The summed E-state index contributed by atoms with van der Waals surface area (Å²) in [4.78, 5) is 23.0. The first-order chi connectivity index (χ1) is 10.7. The Balaban J connectivity index is 2.73. The number of hydrogen-bond donors (Lipinski definition) is 2. The molecule has 2 amide bonds. The molecule has 0 fully saturated rings. The molecule has 1 rings (SSSR count). The monoisotopic (exact) mass is 334 g/mol. The van der Waals surface area contributed by atoms with E-state index in [1.165, 1.54) is 32.2 Å². The van der Waals surface area contributed by atoms with Crippen molar-refractivity contribution < 1.29 is 32.2 Å². The highest BCUT2D eigenvalue weighted by molar-refractivity contribution is 5.86. The lowest BCUT2D eigenvalue weighted by molar-refractivity contribution is -0.274. The Bertz CT molecular complexity index is 549. The molecule has 0 heterocycles. The lowest BCUT2D eigenvalue weighted by Gasteiger charge is -2.18. The number of alkyl halides is 3. The van der Waals surface area contributed by atoms with Gasteiger partial charge in [0.15, 0.2) is 0 Å². The average Bonchev–Trinajstić information content (AvgIpc) is 2.43.